The van der Waals surface area contributed by atoms with Crippen LogP contribution in [0.1, 0.15) is 52.1 Å². The normalized spacial score (nSPS) is 17.8. The first-order chi connectivity index (χ1) is 19.5. The van der Waals surface area contributed by atoms with Crippen molar-refractivity contribution in [1.29, 1.82) is 0 Å². The van der Waals surface area contributed by atoms with Crippen LogP contribution in [0, 0.1) is 5.92 Å². The lowest BCUT2D eigenvalue weighted by atomic mass is 10.0. The first kappa shape index (κ1) is 30.2. The van der Waals surface area contributed by atoms with E-state index < -0.39 is 29.7 Å². The summed E-state index contributed by atoms with van der Waals surface area (Å²) in [7, 11) is 0. The molecular weight excluding hydrogens is 538 g/mol. The van der Waals surface area contributed by atoms with Crippen LogP contribution in [0.5, 0.6) is 5.75 Å². The summed E-state index contributed by atoms with van der Waals surface area (Å²) in [5.41, 5.74) is 0.351. The summed E-state index contributed by atoms with van der Waals surface area (Å²) in [5.74, 6) is 0.0314. The van der Waals surface area contributed by atoms with Crippen molar-refractivity contribution in [3.63, 3.8) is 0 Å². The average Bonchev–Trinajstić information content (AvgIpc) is 3.63. The van der Waals surface area contributed by atoms with Gasteiger partial charge in [-0.1, -0.05) is 49.4 Å². The molecule has 4 unspecified atom stereocenters. The Labute approximate surface area is 245 Å². The van der Waals surface area contributed by atoms with Crippen molar-refractivity contribution in [3.8, 4) is 5.75 Å². The summed E-state index contributed by atoms with van der Waals surface area (Å²) in [6.07, 6.45) is 2.35. The standard InChI is InChI=1S/C32H39N3O5S/c1-20-17-27(20)35(30(38)26(15-16-41-5)34-31(39)40-32(2,3)4)28(23-11-8-12-25(36)19-23)29(37)33-24-14-13-21-9-6-7-10-22(21)18-24/h6-14,18-20,26-28,36H,15-17H2,1-5H3,(H,33,37)(H,34,39). The van der Waals surface area contributed by atoms with Gasteiger partial charge in [0.25, 0.3) is 5.91 Å². The molecule has 3 amide bonds. The minimum absolute atomic E-state index is 0.00642. The molecule has 4 rings (SSSR count). The highest BCUT2D eigenvalue weighted by Gasteiger charge is 2.48. The fourth-order valence-electron chi connectivity index (χ4n) is 4.91. The summed E-state index contributed by atoms with van der Waals surface area (Å²) in [4.78, 5) is 42.7. The van der Waals surface area contributed by atoms with Crippen LogP contribution in [-0.4, -0.2) is 57.6 Å². The summed E-state index contributed by atoms with van der Waals surface area (Å²) in [6.45, 7) is 7.32. The number of hydrogen-bond acceptors (Lipinski definition) is 6. The van der Waals surface area contributed by atoms with E-state index in [9.17, 15) is 19.5 Å². The van der Waals surface area contributed by atoms with Crippen LogP contribution in [-0.2, 0) is 14.3 Å². The minimum Gasteiger partial charge on any atom is -0.508 e. The number of amides is 3. The number of carbonyl (C=O) groups is 3. The molecule has 1 saturated carbocycles. The molecular formula is C32H39N3O5S. The highest BCUT2D eigenvalue weighted by Crippen LogP contribution is 2.41. The van der Waals surface area contributed by atoms with Crippen molar-refractivity contribution >= 4 is 46.1 Å². The maximum absolute atomic E-state index is 14.3. The Hall–Kier alpha value is -3.72. The summed E-state index contributed by atoms with van der Waals surface area (Å²) < 4.78 is 5.46. The van der Waals surface area contributed by atoms with E-state index in [0.717, 1.165) is 17.2 Å². The predicted molar refractivity (Wildman–Crippen MR) is 164 cm³/mol. The third-order valence-corrected chi connectivity index (χ3v) is 7.65. The Balaban J connectivity index is 1.70. The van der Waals surface area contributed by atoms with E-state index in [0.29, 0.717) is 23.4 Å². The molecule has 3 aromatic carbocycles. The molecule has 1 aliphatic rings. The molecule has 41 heavy (non-hydrogen) atoms. The Kier molecular flexibility index (Phi) is 9.48. The summed E-state index contributed by atoms with van der Waals surface area (Å²) in [6, 6.07) is 17.8. The fourth-order valence-corrected chi connectivity index (χ4v) is 5.38. The molecule has 0 aromatic heterocycles. The molecule has 9 heteroatoms. The molecule has 3 N–H and O–H groups in total. The van der Waals surface area contributed by atoms with Crippen LogP contribution in [0.3, 0.4) is 0 Å². The number of nitrogens with one attached hydrogen (secondary N) is 2. The number of benzene rings is 3. The number of fused-ring (bicyclic) bond motifs is 1. The zero-order valence-corrected chi connectivity index (χ0v) is 25.0. The molecule has 0 aliphatic heterocycles. The number of phenolic OH excluding ortho intramolecular Hbond substituents is 1. The average molecular weight is 578 g/mol. The second-order valence-corrected chi connectivity index (χ2v) is 12.5. The second-order valence-electron chi connectivity index (χ2n) is 11.6. The van der Waals surface area contributed by atoms with Gasteiger partial charge < -0.3 is 25.4 Å². The van der Waals surface area contributed by atoms with Gasteiger partial charge in [0.05, 0.1) is 0 Å². The van der Waals surface area contributed by atoms with Gasteiger partial charge in [-0.3, -0.25) is 9.59 Å². The molecule has 8 nitrogen and oxygen atoms in total. The van der Waals surface area contributed by atoms with E-state index in [-0.39, 0.29) is 23.6 Å². The molecule has 0 radical (unpaired) electrons. The number of nitrogens with zero attached hydrogens (tertiary/aromatic N) is 1. The Morgan fingerprint density at radius 1 is 1.05 bits per heavy atom. The van der Waals surface area contributed by atoms with Gasteiger partial charge in [0, 0.05) is 11.7 Å². The number of ether oxygens (including phenoxy) is 1. The van der Waals surface area contributed by atoms with Gasteiger partial charge >= 0.3 is 6.09 Å². The van der Waals surface area contributed by atoms with Gasteiger partial charge in [-0.05, 0) is 92.1 Å². The summed E-state index contributed by atoms with van der Waals surface area (Å²) >= 11 is 1.56. The lowest BCUT2D eigenvalue weighted by Gasteiger charge is -2.35. The second kappa shape index (κ2) is 12.9. The monoisotopic (exact) mass is 577 g/mol. The predicted octanol–water partition coefficient (Wildman–Crippen LogP) is 6.11. The van der Waals surface area contributed by atoms with Gasteiger partial charge in [-0.25, -0.2) is 4.79 Å². The number of thioether (sulfide) groups is 1. The third-order valence-electron chi connectivity index (χ3n) is 7.01. The SMILES string of the molecule is CSCCC(NC(=O)OC(C)(C)C)C(=O)N(C(C(=O)Nc1ccc2ccccc2c1)c1cccc(O)c1)C1CC1C. The van der Waals surface area contributed by atoms with Crippen LogP contribution in [0.15, 0.2) is 66.7 Å². The Morgan fingerprint density at radius 2 is 1.76 bits per heavy atom. The largest absolute Gasteiger partial charge is 0.508 e. The topological polar surface area (TPSA) is 108 Å². The van der Waals surface area contributed by atoms with E-state index in [1.807, 2.05) is 55.6 Å². The van der Waals surface area contributed by atoms with E-state index in [1.165, 1.54) is 12.1 Å². The van der Waals surface area contributed by atoms with Crippen molar-refractivity contribution in [1.82, 2.24) is 10.2 Å². The van der Waals surface area contributed by atoms with E-state index in [2.05, 4.69) is 10.6 Å². The van der Waals surface area contributed by atoms with Crippen molar-refractivity contribution in [2.75, 3.05) is 17.3 Å². The van der Waals surface area contributed by atoms with Crippen molar-refractivity contribution in [2.24, 2.45) is 5.92 Å². The first-order valence-corrected chi connectivity index (χ1v) is 15.3. The van der Waals surface area contributed by atoms with E-state index in [4.69, 9.17) is 4.74 Å². The Morgan fingerprint density at radius 3 is 2.39 bits per heavy atom. The van der Waals surface area contributed by atoms with Crippen molar-refractivity contribution in [2.45, 2.75) is 64.3 Å². The zero-order valence-electron chi connectivity index (χ0n) is 24.2. The quantitative estimate of drug-likeness (QED) is 0.268. The number of carbonyl (C=O) groups excluding carboxylic acids is 3. The van der Waals surface area contributed by atoms with Crippen LogP contribution in [0.4, 0.5) is 10.5 Å². The van der Waals surface area contributed by atoms with Crippen LogP contribution in [0.25, 0.3) is 10.8 Å². The van der Waals surface area contributed by atoms with Gasteiger partial charge in [0.2, 0.25) is 5.91 Å². The highest BCUT2D eigenvalue weighted by atomic mass is 32.2. The Bertz CT molecular complexity index is 1410. The molecule has 218 valence electrons. The number of alkyl carbamates (subject to hydrolysis) is 1. The smallest absolute Gasteiger partial charge is 0.408 e. The molecule has 1 fully saturated rings. The van der Waals surface area contributed by atoms with Crippen LogP contribution >= 0.6 is 11.8 Å². The summed E-state index contributed by atoms with van der Waals surface area (Å²) in [5, 5.41) is 18.1. The number of aromatic hydroxyl groups is 1. The number of hydrogen-bond donors (Lipinski definition) is 3. The fraction of sp³-hybridized carbons (Fsp3) is 0.406. The lowest BCUT2D eigenvalue weighted by Crippen LogP contribution is -2.53. The highest BCUT2D eigenvalue weighted by molar-refractivity contribution is 7.98. The first-order valence-electron chi connectivity index (χ1n) is 13.9. The van der Waals surface area contributed by atoms with Gasteiger partial charge in [-0.2, -0.15) is 11.8 Å². The van der Waals surface area contributed by atoms with Crippen LogP contribution in [0.2, 0.25) is 0 Å². The maximum Gasteiger partial charge on any atom is 0.408 e. The van der Waals surface area contributed by atoms with Gasteiger partial charge in [0.15, 0.2) is 0 Å². The lowest BCUT2D eigenvalue weighted by molar-refractivity contribution is -0.141. The zero-order chi connectivity index (χ0) is 29.7. The molecule has 4 atom stereocenters. The van der Waals surface area contributed by atoms with Crippen LogP contribution < -0.4 is 10.6 Å². The number of anilines is 1. The molecule has 0 spiro atoms. The molecule has 1 aliphatic carbocycles. The molecule has 0 bridgehead atoms. The number of phenols is 1. The third kappa shape index (κ3) is 7.94. The maximum atomic E-state index is 14.3. The van der Waals surface area contributed by atoms with Gasteiger partial charge in [0.1, 0.15) is 23.4 Å². The van der Waals surface area contributed by atoms with Gasteiger partial charge in [-0.15, -0.1) is 0 Å². The van der Waals surface area contributed by atoms with Crippen molar-refractivity contribution < 1.29 is 24.2 Å². The number of rotatable bonds is 10. The molecule has 3 aromatic rings. The van der Waals surface area contributed by atoms with E-state index >= 15 is 0 Å². The van der Waals surface area contributed by atoms with Crippen molar-refractivity contribution in [3.05, 3.63) is 72.3 Å². The van der Waals surface area contributed by atoms with E-state index in [1.54, 1.807) is 49.6 Å². The molecule has 0 heterocycles. The molecule has 0 saturated heterocycles. The minimum atomic E-state index is -1.03.